The molecular weight excluding hydrogens is 238 g/mol. The molecule has 0 aliphatic heterocycles. The van der Waals surface area contributed by atoms with E-state index in [0.717, 1.165) is 17.5 Å². The summed E-state index contributed by atoms with van der Waals surface area (Å²) in [6.07, 6.45) is 5.08. The Kier molecular flexibility index (Phi) is 9.18. The summed E-state index contributed by atoms with van der Waals surface area (Å²) in [5.41, 5.74) is 0. The molecule has 110 valence electrons. The van der Waals surface area contributed by atoms with Gasteiger partial charge in [0.05, 0.1) is 27.7 Å². The van der Waals surface area contributed by atoms with Crippen molar-refractivity contribution in [1.29, 1.82) is 0 Å². The van der Waals surface area contributed by atoms with Gasteiger partial charge < -0.3 is 8.91 Å². The second-order valence-corrected chi connectivity index (χ2v) is 10.8. The minimum Gasteiger partial charge on any atom is -0.417 e. The number of quaternary nitrogens is 1. The first kappa shape index (κ1) is 18.1. The van der Waals surface area contributed by atoms with Gasteiger partial charge in [-0.25, -0.2) is 0 Å². The third-order valence-electron chi connectivity index (χ3n) is 3.48. The molecule has 0 atom stereocenters. The summed E-state index contributed by atoms with van der Waals surface area (Å²) in [4.78, 5) is 0. The first-order valence-electron chi connectivity index (χ1n) is 7.83. The van der Waals surface area contributed by atoms with Gasteiger partial charge in [-0.1, -0.05) is 33.6 Å². The van der Waals surface area contributed by atoms with Gasteiger partial charge in [-0.15, -0.1) is 0 Å². The summed E-state index contributed by atoms with van der Waals surface area (Å²) in [6.45, 7) is 9.11. The van der Waals surface area contributed by atoms with Crippen molar-refractivity contribution in [3.05, 3.63) is 0 Å². The van der Waals surface area contributed by atoms with Crippen LogP contribution < -0.4 is 0 Å². The van der Waals surface area contributed by atoms with E-state index in [0.29, 0.717) is 0 Å². The Labute approximate surface area is 116 Å². The molecule has 0 unspecified atom stereocenters. The van der Waals surface area contributed by atoms with Gasteiger partial charge in [-0.3, -0.25) is 0 Å². The van der Waals surface area contributed by atoms with Gasteiger partial charge in [0.15, 0.2) is 8.32 Å². The van der Waals surface area contributed by atoms with E-state index in [-0.39, 0.29) is 0 Å². The number of rotatable bonds is 11. The topological polar surface area (TPSA) is 9.23 Å². The zero-order valence-corrected chi connectivity index (χ0v) is 14.7. The molecule has 0 N–H and O–H groups in total. The van der Waals surface area contributed by atoms with Crippen LogP contribution in [0.2, 0.25) is 18.1 Å². The van der Waals surface area contributed by atoms with Crippen molar-refractivity contribution in [3.8, 4) is 0 Å². The summed E-state index contributed by atoms with van der Waals surface area (Å²) >= 11 is 0. The lowest BCUT2D eigenvalue weighted by atomic mass is 10.4. The standard InChI is InChI=1S/C15H36NOSi/c1-7-12-17-18(13-8-2,14-9-3)15-10-11-16(4,5)6/h7-15H2,1-6H3/q+1. The van der Waals surface area contributed by atoms with Crippen molar-refractivity contribution in [1.82, 2.24) is 0 Å². The van der Waals surface area contributed by atoms with Gasteiger partial charge in [0.25, 0.3) is 0 Å². The van der Waals surface area contributed by atoms with Gasteiger partial charge in [0.2, 0.25) is 0 Å². The van der Waals surface area contributed by atoms with Crippen LogP contribution in [-0.4, -0.2) is 47.1 Å². The van der Waals surface area contributed by atoms with E-state index in [1.807, 2.05) is 0 Å². The molecule has 0 bridgehead atoms. The van der Waals surface area contributed by atoms with E-state index in [2.05, 4.69) is 41.9 Å². The van der Waals surface area contributed by atoms with Crippen LogP contribution in [0.25, 0.3) is 0 Å². The highest BCUT2D eigenvalue weighted by molar-refractivity contribution is 6.73. The Hall–Kier alpha value is 0.137. The molecule has 2 nitrogen and oxygen atoms in total. The van der Waals surface area contributed by atoms with E-state index in [1.54, 1.807) is 0 Å². The van der Waals surface area contributed by atoms with Crippen LogP contribution >= 0.6 is 0 Å². The fraction of sp³-hybridized carbons (Fsp3) is 1.00. The Balaban J connectivity index is 4.40. The normalized spacial score (nSPS) is 13.0. The smallest absolute Gasteiger partial charge is 0.192 e. The van der Waals surface area contributed by atoms with Crippen molar-refractivity contribution in [2.75, 3.05) is 34.3 Å². The van der Waals surface area contributed by atoms with Crippen molar-refractivity contribution in [2.45, 2.75) is 64.6 Å². The van der Waals surface area contributed by atoms with E-state index in [4.69, 9.17) is 4.43 Å². The molecular formula is C15H36NOSi+. The van der Waals surface area contributed by atoms with Crippen LogP contribution in [-0.2, 0) is 4.43 Å². The zero-order valence-electron chi connectivity index (χ0n) is 13.7. The fourth-order valence-corrected chi connectivity index (χ4v) is 7.14. The van der Waals surface area contributed by atoms with Crippen molar-refractivity contribution >= 4 is 8.32 Å². The molecule has 0 heterocycles. The second kappa shape index (κ2) is 9.11. The molecule has 0 aliphatic carbocycles. The maximum atomic E-state index is 6.41. The van der Waals surface area contributed by atoms with Crippen LogP contribution in [0.1, 0.15) is 46.5 Å². The van der Waals surface area contributed by atoms with Crippen LogP contribution in [0, 0.1) is 0 Å². The lowest BCUT2D eigenvalue weighted by Gasteiger charge is -2.32. The molecule has 0 saturated carbocycles. The van der Waals surface area contributed by atoms with Crippen molar-refractivity contribution in [2.24, 2.45) is 0 Å². The molecule has 0 aromatic carbocycles. The van der Waals surface area contributed by atoms with Gasteiger partial charge in [-0.05, 0) is 31.0 Å². The summed E-state index contributed by atoms with van der Waals surface area (Å²) in [6, 6.07) is 4.08. The van der Waals surface area contributed by atoms with Gasteiger partial charge >= 0.3 is 0 Å². The first-order chi connectivity index (χ1) is 8.39. The molecule has 0 amide bonds. The van der Waals surface area contributed by atoms with E-state index in [9.17, 15) is 0 Å². The van der Waals surface area contributed by atoms with Gasteiger partial charge in [-0.2, -0.15) is 0 Å². The average molecular weight is 275 g/mol. The number of hydrogen-bond acceptors (Lipinski definition) is 1. The molecule has 0 saturated heterocycles. The highest BCUT2D eigenvalue weighted by Crippen LogP contribution is 2.28. The lowest BCUT2D eigenvalue weighted by Crippen LogP contribution is -2.41. The Morgan fingerprint density at radius 3 is 1.78 bits per heavy atom. The lowest BCUT2D eigenvalue weighted by molar-refractivity contribution is -0.870. The molecule has 0 aromatic heterocycles. The molecule has 0 spiro atoms. The number of hydrogen-bond donors (Lipinski definition) is 0. The quantitative estimate of drug-likeness (QED) is 0.404. The largest absolute Gasteiger partial charge is 0.417 e. The predicted octanol–water partition coefficient (Wildman–Crippen LogP) is 4.27. The molecule has 0 radical (unpaired) electrons. The molecule has 0 rings (SSSR count). The van der Waals surface area contributed by atoms with E-state index in [1.165, 1.54) is 43.9 Å². The maximum Gasteiger partial charge on any atom is 0.192 e. The maximum absolute atomic E-state index is 6.41. The Morgan fingerprint density at radius 2 is 1.39 bits per heavy atom. The fourth-order valence-electron chi connectivity index (χ4n) is 2.70. The molecule has 0 aliphatic rings. The molecule has 18 heavy (non-hydrogen) atoms. The van der Waals surface area contributed by atoms with Gasteiger partial charge in [0, 0.05) is 6.61 Å². The highest BCUT2D eigenvalue weighted by atomic mass is 28.4. The van der Waals surface area contributed by atoms with E-state index < -0.39 is 8.32 Å². The molecule has 0 aromatic rings. The average Bonchev–Trinajstić information content (AvgIpc) is 2.25. The summed E-state index contributed by atoms with van der Waals surface area (Å²) < 4.78 is 7.49. The molecule has 0 fully saturated rings. The van der Waals surface area contributed by atoms with E-state index >= 15 is 0 Å². The van der Waals surface area contributed by atoms with Crippen LogP contribution in [0.3, 0.4) is 0 Å². The zero-order chi connectivity index (χ0) is 14.1. The van der Waals surface area contributed by atoms with Crippen molar-refractivity contribution in [3.63, 3.8) is 0 Å². The Bertz CT molecular complexity index is 195. The first-order valence-corrected chi connectivity index (χ1v) is 10.4. The monoisotopic (exact) mass is 274 g/mol. The summed E-state index contributed by atoms with van der Waals surface area (Å²) in [7, 11) is 5.44. The molecule has 3 heteroatoms. The van der Waals surface area contributed by atoms with Gasteiger partial charge in [0.1, 0.15) is 0 Å². The minimum atomic E-state index is -1.43. The van der Waals surface area contributed by atoms with Crippen LogP contribution in [0.5, 0.6) is 0 Å². The summed E-state index contributed by atoms with van der Waals surface area (Å²) in [5.74, 6) is 0. The third kappa shape index (κ3) is 8.28. The SMILES string of the molecule is CCCO[Si](CCC)(CCC)CCC[N+](C)(C)C. The minimum absolute atomic E-state index is 0.983. The number of nitrogens with zero attached hydrogens (tertiary/aromatic N) is 1. The van der Waals surface area contributed by atoms with Crippen LogP contribution in [0.15, 0.2) is 0 Å². The highest BCUT2D eigenvalue weighted by Gasteiger charge is 2.32. The van der Waals surface area contributed by atoms with Crippen LogP contribution in [0.4, 0.5) is 0 Å². The second-order valence-electron chi connectivity index (χ2n) is 6.65. The Morgan fingerprint density at radius 1 is 0.833 bits per heavy atom. The predicted molar refractivity (Wildman–Crippen MR) is 84.5 cm³/mol. The van der Waals surface area contributed by atoms with Crippen molar-refractivity contribution < 1.29 is 8.91 Å². The summed E-state index contributed by atoms with van der Waals surface area (Å²) in [5, 5.41) is 0. The third-order valence-corrected chi connectivity index (χ3v) is 8.39.